The van der Waals surface area contributed by atoms with E-state index in [4.69, 9.17) is 0 Å². The highest BCUT2D eigenvalue weighted by Crippen LogP contribution is 2.52. The maximum atomic E-state index is 3.75. The maximum absolute atomic E-state index is 3.75. The second-order valence-corrected chi connectivity index (χ2v) is 26.1. The van der Waals surface area contributed by atoms with Gasteiger partial charge in [0.05, 0.1) is 0 Å². The molecule has 0 aromatic heterocycles. The molecule has 0 bridgehead atoms. The van der Waals surface area contributed by atoms with Crippen molar-refractivity contribution in [2.75, 3.05) is 0 Å². The predicted molar refractivity (Wildman–Crippen MR) is 280 cm³/mol. The molecule has 0 fully saturated rings. The van der Waals surface area contributed by atoms with Crippen molar-refractivity contribution in [1.82, 2.24) is 0 Å². The van der Waals surface area contributed by atoms with Gasteiger partial charge in [0, 0.05) is 34.1 Å². The van der Waals surface area contributed by atoms with Crippen LogP contribution in [0.4, 0.5) is 0 Å². The fourth-order valence-electron chi connectivity index (χ4n) is 10.9. The van der Waals surface area contributed by atoms with Gasteiger partial charge in [0.25, 0.3) is 0 Å². The van der Waals surface area contributed by atoms with Gasteiger partial charge in [-0.25, -0.2) is 0 Å². The number of fused-ring (bicyclic) bond motifs is 9. The first-order valence-electron chi connectivity index (χ1n) is 21.3. The highest BCUT2D eigenvalue weighted by Gasteiger charge is 2.46. The van der Waals surface area contributed by atoms with Crippen LogP contribution in [0.25, 0.3) is 33.4 Å². The average Bonchev–Trinajstić information content (AvgIpc) is 3.73. The Morgan fingerprint density at radius 3 is 0.790 bits per heavy atom. The minimum Gasteiger partial charge on any atom is -0.0623 e. The van der Waals surface area contributed by atoms with Gasteiger partial charge in [0.15, 0.2) is 8.07 Å². The van der Waals surface area contributed by atoms with Crippen molar-refractivity contribution >= 4 is 92.5 Å². The Bertz CT molecular complexity index is 2880. The summed E-state index contributed by atoms with van der Waals surface area (Å²) < 4.78 is 4.56. The standard InChI is InChI=1S/C42H34Br2Si.C15H12Br2/c1-41(2)37-23-27(43)15-19-33(37)35-21-17-31(25-39(35)41)45(29-11-7-5-8-12-29,30-13-9-6-10-14-30)32-18-22-36-34-20-16-28(44)24-38(34)42(3,4)40(36)26-32;1-15(2)13-7-9(16)3-5-11(13)12-6-4-10(17)8-14(12)15/h5-26H,1-4H3;3-8H,1-2H3. The second-order valence-electron chi connectivity index (χ2n) is 18.6. The highest BCUT2D eigenvalue weighted by atomic mass is 79.9. The molecule has 0 unspecified atom stereocenters. The van der Waals surface area contributed by atoms with E-state index in [0.29, 0.717) is 0 Å². The number of benzene rings is 8. The van der Waals surface area contributed by atoms with Crippen molar-refractivity contribution in [3.05, 3.63) is 221 Å². The molecule has 11 rings (SSSR count). The van der Waals surface area contributed by atoms with Crippen LogP contribution in [-0.2, 0) is 16.2 Å². The predicted octanol–water partition coefficient (Wildman–Crippen LogP) is 14.7. The molecule has 0 spiro atoms. The lowest BCUT2D eigenvalue weighted by atomic mass is 9.82. The lowest BCUT2D eigenvalue weighted by Crippen LogP contribution is -2.75. The van der Waals surface area contributed by atoms with E-state index >= 15 is 0 Å². The fraction of sp³-hybridized carbons (Fsp3) is 0.158. The third kappa shape index (κ3) is 6.43. The van der Waals surface area contributed by atoms with Gasteiger partial charge in [0.2, 0.25) is 0 Å². The largest absolute Gasteiger partial charge is 0.179 e. The first-order valence-corrected chi connectivity index (χ1v) is 26.4. The van der Waals surface area contributed by atoms with Crippen LogP contribution in [0.15, 0.2) is 188 Å². The van der Waals surface area contributed by atoms with Crippen LogP contribution in [-0.4, -0.2) is 8.07 Å². The molecule has 62 heavy (non-hydrogen) atoms. The van der Waals surface area contributed by atoms with Crippen LogP contribution in [0.2, 0.25) is 0 Å². The lowest BCUT2D eigenvalue weighted by Gasteiger charge is -2.36. The zero-order valence-electron chi connectivity index (χ0n) is 35.7. The molecule has 0 atom stereocenters. The minimum absolute atomic E-state index is 0.0816. The smallest absolute Gasteiger partial charge is 0.0623 e. The maximum Gasteiger partial charge on any atom is 0.179 e. The summed E-state index contributed by atoms with van der Waals surface area (Å²) in [4.78, 5) is 0. The Morgan fingerprint density at radius 1 is 0.274 bits per heavy atom. The molecule has 0 amide bonds. The third-order valence-corrected chi connectivity index (χ3v) is 20.9. The molecule has 306 valence electrons. The van der Waals surface area contributed by atoms with E-state index in [2.05, 4.69) is 275 Å². The average molecular weight is 1080 g/mol. The van der Waals surface area contributed by atoms with Gasteiger partial charge < -0.3 is 0 Å². The highest BCUT2D eigenvalue weighted by molar-refractivity contribution is 9.11. The Morgan fingerprint density at radius 2 is 0.516 bits per heavy atom. The second kappa shape index (κ2) is 15.3. The van der Waals surface area contributed by atoms with Gasteiger partial charge >= 0.3 is 0 Å². The number of rotatable bonds is 4. The molecule has 3 aliphatic carbocycles. The first kappa shape index (κ1) is 41.9. The molecule has 0 saturated heterocycles. The van der Waals surface area contributed by atoms with Crippen molar-refractivity contribution in [3.8, 4) is 33.4 Å². The summed E-state index contributed by atoms with van der Waals surface area (Å²) >= 11 is 14.6. The van der Waals surface area contributed by atoms with Gasteiger partial charge in [-0.15, -0.1) is 0 Å². The molecule has 0 radical (unpaired) electrons. The molecule has 0 N–H and O–H groups in total. The summed E-state index contributed by atoms with van der Waals surface area (Å²) in [6.07, 6.45) is 0. The molecule has 0 aliphatic heterocycles. The molecule has 0 nitrogen and oxygen atoms in total. The molecule has 5 heteroatoms. The zero-order chi connectivity index (χ0) is 43.3. The van der Waals surface area contributed by atoms with Crippen LogP contribution in [0.3, 0.4) is 0 Å². The molecule has 8 aromatic carbocycles. The molecule has 3 aliphatic rings. The summed E-state index contributed by atoms with van der Waals surface area (Å²) in [7, 11) is -2.76. The fourth-order valence-corrected chi connectivity index (χ4v) is 17.2. The summed E-state index contributed by atoms with van der Waals surface area (Å²) in [6.45, 7) is 14.1. The van der Waals surface area contributed by atoms with Crippen LogP contribution in [0.5, 0.6) is 0 Å². The Balaban J connectivity index is 0.000000225. The lowest BCUT2D eigenvalue weighted by molar-refractivity contribution is 0.659. The molecular formula is C57H46Br4Si. The first-order chi connectivity index (χ1) is 29.6. The van der Waals surface area contributed by atoms with Crippen LogP contribution in [0.1, 0.15) is 74.9 Å². The van der Waals surface area contributed by atoms with Gasteiger partial charge in [-0.1, -0.05) is 227 Å². The van der Waals surface area contributed by atoms with E-state index in [1.165, 1.54) is 87.5 Å². The van der Waals surface area contributed by atoms with E-state index in [0.717, 1.165) is 17.9 Å². The number of hydrogen-bond donors (Lipinski definition) is 0. The normalized spacial score (nSPS) is 15.3. The Labute approximate surface area is 401 Å². The number of halogens is 4. The summed E-state index contributed by atoms with van der Waals surface area (Å²) in [5.41, 5.74) is 16.4. The van der Waals surface area contributed by atoms with Crippen LogP contribution in [0, 0.1) is 0 Å². The van der Waals surface area contributed by atoms with E-state index in [1.54, 1.807) is 0 Å². The van der Waals surface area contributed by atoms with Gasteiger partial charge in [-0.3, -0.25) is 0 Å². The summed E-state index contributed by atoms with van der Waals surface area (Å²) in [5.74, 6) is 0. The third-order valence-electron chi connectivity index (χ3n) is 14.2. The quantitative estimate of drug-likeness (QED) is 0.122. The van der Waals surface area contributed by atoms with E-state index < -0.39 is 8.07 Å². The topological polar surface area (TPSA) is 0 Å². The SMILES string of the molecule is CC1(C)c2cc(Br)ccc2-c2ccc(Br)cc21.CC1(C)c2cc(Br)ccc2-c2ccc([Si](c3ccccc3)(c3ccccc3)c3ccc4c(c3)C(C)(C)c3cc(Br)ccc3-4)cc21. The van der Waals surface area contributed by atoms with Crippen molar-refractivity contribution < 1.29 is 0 Å². The van der Waals surface area contributed by atoms with Crippen LogP contribution < -0.4 is 20.7 Å². The van der Waals surface area contributed by atoms with E-state index in [1.807, 2.05) is 0 Å². The molecule has 0 heterocycles. The van der Waals surface area contributed by atoms with Crippen molar-refractivity contribution in [1.29, 1.82) is 0 Å². The van der Waals surface area contributed by atoms with Gasteiger partial charge in [0.1, 0.15) is 0 Å². The zero-order valence-corrected chi connectivity index (χ0v) is 43.0. The van der Waals surface area contributed by atoms with E-state index in [9.17, 15) is 0 Å². The van der Waals surface area contributed by atoms with Gasteiger partial charge in [-0.2, -0.15) is 0 Å². The minimum atomic E-state index is -2.76. The Kier molecular flexibility index (Phi) is 10.3. The number of hydrogen-bond acceptors (Lipinski definition) is 0. The van der Waals surface area contributed by atoms with Crippen molar-refractivity contribution in [3.63, 3.8) is 0 Å². The van der Waals surface area contributed by atoms with Crippen LogP contribution >= 0.6 is 63.7 Å². The van der Waals surface area contributed by atoms with Crippen molar-refractivity contribution in [2.24, 2.45) is 0 Å². The Hall–Kier alpha value is -4.10. The van der Waals surface area contributed by atoms with Crippen molar-refractivity contribution in [2.45, 2.75) is 57.8 Å². The van der Waals surface area contributed by atoms with Gasteiger partial charge in [-0.05, 0) is 136 Å². The monoisotopic (exact) mass is 1070 g/mol. The molecule has 8 aromatic rings. The molecular weight excluding hydrogens is 1030 g/mol. The summed E-state index contributed by atoms with van der Waals surface area (Å²) in [5, 5.41) is 5.66. The summed E-state index contributed by atoms with van der Waals surface area (Å²) in [6, 6.07) is 64.2. The van der Waals surface area contributed by atoms with E-state index in [-0.39, 0.29) is 16.2 Å². The molecule has 0 saturated carbocycles.